The minimum atomic E-state index is -3.70. The Labute approximate surface area is 148 Å². The van der Waals surface area contributed by atoms with E-state index in [0.717, 1.165) is 12.8 Å². The van der Waals surface area contributed by atoms with Gasteiger partial charge in [-0.1, -0.05) is 0 Å². The lowest BCUT2D eigenvalue weighted by molar-refractivity contribution is -0.286. The van der Waals surface area contributed by atoms with Crippen LogP contribution in [0.2, 0.25) is 0 Å². The molecule has 3 aliphatic carbocycles. The molecule has 5 rings (SSSR count). The van der Waals surface area contributed by atoms with Crippen LogP contribution in [-0.4, -0.2) is 41.1 Å². The zero-order valence-corrected chi connectivity index (χ0v) is 14.0. The van der Waals surface area contributed by atoms with Crippen LogP contribution in [0, 0.1) is 0 Å². The van der Waals surface area contributed by atoms with Crippen molar-refractivity contribution in [3.8, 4) is 17.2 Å². The van der Waals surface area contributed by atoms with Crippen LogP contribution < -0.4 is 25.3 Å². The van der Waals surface area contributed by atoms with Crippen LogP contribution in [0.3, 0.4) is 0 Å². The highest BCUT2D eigenvalue weighted by molar-refractivity contribution is 5.78. The Hall–Kier alpha value is -2.13. The van der Waals surface area contributed by atoms with Gasteiger partial charge in [-0.15, -0.1) is 8.78 Å². The van der Waals surface area contributed by atoms with Crippen molar-refractivity contribution in [2.24, 2.45) is 5.73 Å². The van der Waals surface area contributed by atoms with E-state index in [2.05, 4.69) is 14.8 Å². The fourth-order valence-electron chi connectivity index (χ4n) is 4.00. The first kappa shape index (κ1) is 17.3. The Balaban J connectivity index is 1.35. The SMILES string of the molecule is NC12CCC(NC(=O)COc3ccc4c(c3)OC(F)(F)O4)(CC1)[C@@H](O)C2. The molecule has 4 N–H and O–H groups in total. The molecule has 1 aromatic carbocycles. The normalized spacial score (nSPS) is 33.8. The number of amides is 1. The van der Waals surface area contributed by atoms with Crippen LogP contribution in [0.5, 0.6) is 17.2 Å². The Morgan fingerprint density at radius 3 is 2.65 bits per heavy atom. The standard InChI is InChI=1S/C17H20F2N2O5/c18-17(19)25-11-2-1-10(7-12(11)26-17)24-9-14(23)21-16-5-3-15(20,4-6-16)8-13(16)22/h1-2,7,13,22H,3-6,8-9,20H2,(H,21,23)/t13-,15?,16?/m0/s1. The number of nitrogens with two attached hydrogens (primary N) is 1. The summed E-state index contributed by atoms with van der Waals surface area (Å²) in [5, 5.41) is 13.2. The van der Waals surface area contributed by atoms with E-state index in [1.165, 1.54) is 18.2 Å². The van der Waals surface area contributed by atoms with Crippen molar-refractivity contribution in [1.82, 2.24) is 5.32 Å². The molecule has 0 unspecified atom stereocenters. The highest BCUT2D eigenvalue weighted by Crippen LogP contribution is 2.46. The van der Waals surface area contributed by atoms with E-state index >= 15 is 0 Å². The Morgan fingerprint density at radius 1 is 1.27 bits per heavy atom. The van der Waals surface area contributed by atoms with Crippen molar-refractivity contribution in [2.75, 3.05) is 6.61 Å². The maximum Gasteiger partial charge on any atom is 0.586 e. The molecule has 26 heavy (non-hydrogen) atoms. The summed E-state index contributed by atoms with van der Waals surface area (Å²) < 4.78 is 40.0. The maximum absolute atomic E-state index is 13.0. The number of benzene rings is 1. The third-order valence-corrected chi connectivity index (χ3v) is 5.51. The van der Waals surface area contributed by atoms with Gasteiger partial charge in [-0.25, -0.2) is 0 Å². The molecular weight excluding hydrogens is 350 g/mol. The molecule has 1 heterocycles. The third kappa shape index (κ3) is 3.05. The molecule has 0 aromatic heterocycles. The number of fused-ring (bicyclic) bond motifs is 4. The molecule has 7 nitrogen and oxygen atoms in total. The van der Waals surface area contributed by atoms with Crippen molar-refractivity contribution in [3.05, 3.63) is 18.2 Å². The molecule has 1 amide bonds. The number of aliphatic hydroxyl groups excluding tert-OH is 1. The molecule has 0 spiro atoms. The first-order valence-corrected chi connectivity index (χ1v) is 8.49. The molecule has 9 heteroatoms. The number of nitrogens with one attached hydrogen (secondary N) is 1. The van der Waals surface area contributed by atoms with E-state index in [1.807, 2.05) is 0 Å². The summed E-state index contributed by atoms with van der Waals surface area (Å²) in [6, 6.07) is 3.93. The molecule has 2 bridgehead atoms. The summed E-state index contributed by atoms with van der Waals surface area (Å²) in [6.07, 6.45) is -1.18. The van der Waals surface area contributed by atoms with Gasteiger partial charge in [-0.05, 0) is 44.2 Å². The van der Waals surface area contributed by atoms with Crippen LogP contribution in [0.15, 0.2) is 18.2 Å². The van der Waals surface area contributed by atoms with E-state index in [0.29, 0.717) is 19.3 Å². The molecule has 1 aromatic rings. The summed E-state index contributed by atoms with van der Waals surface area (Å²) in [5.41, 5.74) is 5.20. The predicted octanol–water partition coefficient (Wildman–Crippen LogP) is 1.28. The minimum Gasteiger partial charge on any atom is -0.484 e. The Kier molecular flexibility index (Phi) is 3.78. The van der Waals surface area contributed by atoms with Crippen LogP contribution in [0.4, 0.5) is 8.78 Å². The van der Waals surface area contributed by atoms with Gasteiger partial charge in [0.05, 0.1) is 11.6 Å². The minimum absolute atomic E-state index is 0.0940. The summed E-state index contributed by atoms with van der Waals surface area (Å²) >= 11 is 0. The number of ether oxygens (including phenoxy) is 3. The van der Waals surface area contributed by atoms with Gasteiger partial charge >= 0.3 is 6.29 Å². The number of halogens is 2. The average Bonchev–Trinajstić information content (AvgIpc) is 2.87. The number of aliphatic hydroxyl groups is 1. The molecule has 0 radical (unpaired) electrons. The number of hydrogen-bond acceptors (Lipinski definition) is 6. The van der Waals surface area contributed by atoms with E-state index in [4.69, 9.17) is 10.5 Å². The number of rotatable bonds is 4. The van der Waals surface area contributed by atoms with Crippen molar-refractivity contribution in [1.29, 1.82) is 0 Å². The average molecular weight is 370 g/mol. The summed E-state index contributed by atoms with van der Waals surface area (Å²) in [6.45, 7) is -0.307. The van der Waals surface area contributed by atoms with Gasteiger partial charge in [-0.2, -0.15) is 0 Å². The summed E-state index contributed by atoms with van der Waals surface area (Å²) in [5.74, 6) is -0.436. The lowest BCUT2D eigenvalue weighted by Crippen LogP contribution is -2.69. The fraction of sp³-hybridized carbons (Fsp3) is 0.588. The Morgan fingerprint density at radius 2 is 1.96 bits per heavy atom. The number of alkyl halides is 2. The molecule has 4 aliphatic rings. The third-order valence-electron chi connectivity index (χ3n) is 5.51. The lowest BCUT2D eigenvalue weighted by Gasteiger charge is -2.54. The second-order valence-corrected chi connectivity index (χ2v) is 7.35. The van der Waals surface area contributed by atoms with Crippen molar-refractivity contribution in [3.63, 3.8) is 0 Å². The summed E-state index contributed by atoms with van der Waals surface area (Å²) in [4.78, 5) is 12.3. The van der Waals surface area contributed by atoms with E-state index in [9.17, 15) is 18.7 Å². The molecule has 0 saturated heterocycles. The second kappa shape index (κ2) is 5.68. The maximum atomic E-state index is 13.0. The molecule has 1 aliphatic heterocycles. The fourth-order valence-corrected chi connectivity index (χ4v) is 4.00. The molecule has 1 atom stereocenters. The Bertz CT molecular complexity index is 734. The zero-order valence-electron chi connectivity index (χ0n) is 14.0. The number of carbonyl (C=O) groups excluding carboxylic acids is 1. The highest BCUT2D eigenvalue weighted by atomic mass is 19.3. The van der Waals surface area contributed by atoms with Gasteiger partial charge in [0, 0.05) is 11.6 Å². The van der Waals surface area contributed by atoms with E-state index in [-0.39, 0.29) is 29.4 Å². The van der Waals surface area contributed by atoms with Crippen LogP contribution >= 0.6 is 0 Å². The van der Waals surface area contributed by atoms with E-state index in [1.54, 1.807) is 0 Å². The largest absolute Gasteiger partial charge is 0.586 e. The molecular formula is C17H20F2N2O5. The topological polar surface area (TPSA) is 103 Å². The number of carbonyl (C=O) groups is 1. The smallest absolute Gasteiger partial charge is 0.484 e. The quantitative estimate of drug-likeness (QED) is 0.738. The lowest BCUT2D eigenvalue weighted by atomic mass is 9.60. The highest BCUT2D eigenvalue weighted by Gasteiger charge is 2.53. The zero-order chi connectivity index (χ0) is 18.6. The molecule has 3 fully saturated rings. The van der Waals surface area contributed by atoms with E-state index < -0.39 is 23.8 Å². The first-order valence-electron chi connectivity index (χ1n) is 8.49. The first-order chi connectivity index (χ1) is 12.2. The van der Waals surface area contributed by atoms with Gasteiger partial charge < -0.3 is 30.4 Å². The van der Waals surface area contributed by atoms with Crippen LogP contribution in [0.1, 0.15) is 32.1 Å². The van der Waals surface area contributed by atoms with Gasteiger partial charge in [-0.3, -0.25) is 4.79 Å². The second-order valence-electron chi connectivity index (χ2n) is 7.35. The predicted molar refractivity (Wildman–Crippen MR) is 85.0 cm³/mol. The van der Waals surface area contributed by atoms with Gasteiger partial charge in [0.2, 0.25) is 0 Å². The van der Waals surface area contributed by atoms with Gasteiger partial charge in [0.25, 0.3) is 5.91 Å². The van der Waals surface area contributed by atoms with Crippen molar-refractivity contribution >= 4 is 5.91 Å². The van der Waals surface area contributed by atoms with Gasteiger partial charge in [0.1, 0.15) is 5.75 Å². The molecule has 142 valence electrons. The van der Waals surface area contributed by atoms with Crippen molar-refractivity contribution < 1.29 is 32.9 Å². The van der Waals surface area contributed by atoms with Gasteiger partial charge in [0.15, 0.2) is 18.1 Å². The molecule has 3 saturated carbocycles. The van der Waals surface area contributed by atoms with Crippen LogP contribution in [-0.2, 0) is 4.79 Å². The monoisotopic (exact) mass is 370 g/mol. The summed E-state index contributed by atoms with van der Waals surface area (Å²) in [7, 11) is 0. The van der Waals surface area contributed by atoms with Crippen molar-refractivity contribution in [2.45, 2.75) is 55.6 Å². The number of hydrogen-bond donors (Lipinski definition) is 3. The van der Waals surface area contributed by atoms with Crippen LogP contribution in [0.25, 0.3) is 0 Å².